The molecule has 0 aliphatic carbocycles. The average Bonchev–Trinajstić information content (AvgIpc) is 3.29. The zero-order chi connectivity index (χ0) is 19.1. The van der Waals surface area contributed by atoms with Gasteiger partial charge in [-0.3, -0.25) is 9.59 Å². The Labute approximate surface area is 167 Å². The lowest BCUT2D eigenvalue weighted by Gasteiger charge is -2.07. The first-order valence-corrected chi connectivity index (χ1v) is 9.41. The molecule has 0 spiro atoms. The van der Waals surface area contributed by atoms with Gasteiger partial charge in [-0.15, -0.1) is 11.3 Å². The van der Waals surface area contributed by atoms with Crippen LogP contribution in [0.5, 0.6) is 0 Å². The van der Waals surface area contributed by atoms with Gasteiger partial charge in [0.2, 0.25) is 0 Å². The molecule has 0 fully saturated rings. The van der Waals surface area contributed by atoms with Crippen molar-refractivity contribution in [2.45, 2.75) is 13.5 Å². The van der Waals surface area contributed by atoms with Crippen LogP contribution in [0.1, 0.15) is 15.4 Å². The van der Waals surface area contributed by atoms with Gasteiger partial charge in [-0.25, -0.2) is 9.67 Å². The number of fused-ring (bicyclic) bond motifs is 1. The first kappa shape index (κ1) is 17.9. The lowest BCUT2D eigenvalue weighted by atomic mass is 10.1. The molecule has 9 heteroatoms. The van der Waals surface area contributed by atoms with E-state index in [0.717, 1.165) is 9.69 Å². The van der Waals surface area contributed by atoms with E-state index in [1.807, 2.05) is 0 Å². The molecule has 0 radical (unpaired) electrons. The predicted octanol–water partition coefficient (Wildman–Crippen LogP) is 4.61. The number of nitrogens with zero attached hydrogens (tertiary/aromatic N) is 3. The van der Waals surface area contributed by atoms with E-state index in [1.54, 1.807) is 25.1 Å². The van der Waals surface area contributed by atoms with Gasteiger partial charge in [-0.05, 0) is 37.3 Å². The first-order valence-electron chi connectivity index (χ1n) is 7.84. The van der Waals surface area contributed by atoms with Crippen LogP contribution in [-0.4, -0.2) is 20.5 Å². The highest BCUT2D eigenvalue weighted by atomic mass is 35.5. The molecule has 3 heterocycles. The molecule has 0 saturated carbocycles. The second-order valence-corrected chi connectivity index (χ2v) is 7.77. The first-order chi connectivity index (χ1) is 12.9. The summed E-state index contributed by atoms with van der Waals surface area (Å²) in [6.07, 6.45) is 1.52. The minimum Gasteiger partial charge on any atom is -0.463 e. The molecule has 4 aromatic rings. The van der Waals surface area contributed by atoms with Crippen LogP contribution in [0.2, 0.25) is 10.0 Å². The molecular formula is C18H11Cl2N3O3S. The highest BCUT2D eigenvalue weighted by molar-refractivity contribution is 7.19. The van der Waals surface area contributed by atoms with Crippen molar-refractivity contribution in [2.75, 3.05) is 0 Å². The molecule has 0 aliphatic heterocycles. The third-order valence-electron chi connectivity index (χ3n) is 3.90. The Morgan fingerprint density at radius 3 is 2.78 bits per heavy atom. The second kappa shape index (κ2) is 6.92. The monoisotopic (exact) mass is 419 g/mol. The van der Waals surface area contributed by atoms with Gasteiger partial charge in [0.05, 0.1) is 26.0 Å². The molecule has 136 valence electrons. The van der Waals surface area contributed by atoms with E-state index in [4.69, 9.17) is 27.6 Å². The van der Waals surface area contributed by atoms with E-state index in [1.165, 1.54) is 29.7 Å². The fourth-order valence-electron chi connectivity index (χ4n) is 2.64. The smallest absolute Gasteiger partial charge is 0.294 e. The number of carbonyl (C=O) groups excluding carboxylic acids is 1. The number of thiazole rings is 1. The number of furan rings is 1. The van der Waals surface area contributed by atoms with Gasteiger partial charge in [0, 0.05) is 5.56 Å². The van der Waals surface area contributed by atoms with E-state index in [2.05, 4.69) is 10.1 Å². The van der Waals surface area contributed by atoms with Crippen molar-refractivity contribution in [3.05, 3.63) is 67.6 Å². The topological polar surface area (TPSA) is 78.0 Å². The lowest BCUT2D eigenvalue weighted by molar-refractivity contribution is 0.0966. The zero-order valence-electron chi connectivity index (χ0n) is 13.9. The molecule has 27 heavy (non-hydrogen) atoms. The van der Waals surface area contributed by atoms with E-state index >= 15 is 0 Å². The standard InChI is InChI=1S/C18H11Cl2N3O3S/c1-9-21-16-17(27-9)15(14-3-2-6-26-14)22-23(18(16)25)8-13(24)10-4-5-11(19)12(20)7-10/h2-7H,8H2,1H3. The number of aryl methyl sites for hydroxylation is 1. The molecule has 4 rings (SSSR count). The van der Waals surface area contributed by atoms with E-state index in [0.29, 0.717) is 26.7 Å². The summed E-state index contributed by atoms with van der Waals surface area (Å²) in [6.45, 7) is 1.55. The summed E-state index contributed by atoms with van der Waals surface area (Å²) in [4.78, 5) is 29.7. The fourth-order valence-corrected chi connectivity index (χ4v) is 3.84. The van der Waals surface area contributed by atoms with Gasteiger partial charge >= 0.3 is 0 Å². The van der Waals surface area contributed by atoms with Crippen LogP contribution >= 0.6 is 34.5 Å². The van der Waals surface area contributed by atoms with E-state index in [9.17, 15) is 9.59 Å². The molecule has 0 aliphatic rings. The maximum atomic E-state index is 12.8. The number of hydrogen-bond acceptors (Lipinski definition) is 6. The number of carbonyl (C=O) groups is 1. The van der Waals surface area contributed by atoms with Crippen LogP contribution in [0.25, 0.3) is 21.7 Å². The number of rotatable bonds is 4. The molecule has 0 N–H and O–H groups in total. The maximum absolute atomic E-state index is 12.8. The van der Waals surface area contributed by atoms with Gasteiger partial charge in [-0.1, -0.05) is 23.2 Å². The number of aromatic nitrogens is 3. The summed E-state index contributed by atoms with van der Waals surface area (Å²) in [5.41, 5.74) is 0.647. The van der Waals surface area contributed by atoms with Gasteiger partial charge in [0.1, 0.15) is 12.2 Å². The van der Waals surface area contributed by atoms with Crippen molar-refractivity contribution in [2.24, 2.45) is 0 Å². The van der Waals surface area contributed by atoms with Crippen molar-refractivity contribution in [3.8, 4) is 11.5 Å². The number of Topliss-reactive ketones (excluding diaryl/α,β-unsaturated/α-hetero) is 1. The van der Waals surface area contributed by atoms with Crippen molar-refractivity contribution < 1.29 is 9.21 Å². The minimum absolute atomic E-state index is 0.253. The Balaban J connectivity index is 1.82. The average molecular weight is 420 g/mol. The Bertz CT molecular complexity index is 1230. The summed E-state index contributed by atoms with van der Waals surface area (Å²) in [6, 6.07) is 8.03. The Morgan fingerprint density at radius 1 is 1.26 bits per heavy atom. The van der Waals surface area contributed by atoms with Crippen LogP contribution in [-0.2, 0) is 6.54 Å². The Hall–Kier alpha value is -2.48. The highest BCUT2D eigenvalue weighted by Gasteiger charge is 2.20. The number of benzene rings is 1. The molecule has 1 aromatic carbocycles. The number of halogens is 2. The summed E-state index contributed by atoms with van der Waals surface area (Å²) < 4.78 is 7.17. The van der Waals surface area contributed by atoms with Crippen molar-refractivity contribution in [1.82, 2.24) is 14.8 Å². The largest absolute Gasteiger partial charge is 0.463 e. The van der Waals surface area contributed by atoms with Crippen molar-refractivity contribution in [1.29, 1.82) is 0 Å². The third kappa shape index (κ3) is 3.29. The van der Waals surface area contributed by atoms with E-state index < -0.39 is 5.56 Å². The predicted molar refractivity (Wildman–Crippen MR) is 105 cm³/mol. The molecule has 0 saturated heterocycles. The van der Waals surface area contributed by atoms with Gasteiger partial charge in [-0.2, -0.15) is 5.10 Å². The second-order valence-electron chi connectivity index (χ2n) is 5.75. The highest BCUT2D eigenvalue weighted by Crippen LogP contribution is 2.29. The quantitative estimate of drug-likeness (QED) is 0.451. The maximum Gasteiger partial charge on any atom is 0.294 e. The van der Waals surface area contributed by atoms with Crippen LogP contribution < -0.4 is 5.56 Å². The molecule has 0 atom stereocenters. The summed E-state index contributed by atoms with van der Waals surface area (Å²) in [5, 5.41) is 5.71. The van der Waals surface area contributed by atoms with Gasteiger partial charge < -0.3 is 4.42 Å². The number of hydrogen-bond donors (Lipinski definition) is 0. The van der Waals surface area contributed by atoms with Gasteiger partial charge in [0.25, 0.3) is 5.56 Å². The molecular weight excluding hydrogens is 409 g/mol. The van der Waals surface area contributed by atoms with Crippen LogP contribution in [0, 0.1) is 6.92 Å². The minimum atomic E-state index is -0.432. The fraction of sp³-hybridized carbons (Fsp3) is 0.111. The van der Waals surface area contributed by atoms with E-state index in [-0.39, 0.29) is 22.9 Å². The summed E-state index contributed by atoms with van der Waals surface area (Å²) in [7, 11) is 0. The van der Waals surface area contributed by atoms with Crippen LogP contribution in [0.3, 0.4) is 0 Å². The lowest BCUT2D eigenvalue weighted by Crippen LogP contribution is -2.27. The summed E-state index contributed by atoms with van der Waals surface area (Å²) in [5.74, 6) is 0.180. The van der Waals surface area contributed by atoms with Gasteiger partial charge in [0.15, 0.2) is 17.1 Å². The Morgan fingerprint density at radius 2 is 2.07 bits per heavy atom. The molecule has 6 nitrogen and oxygen atoms in total. The third-order valence-corrected chi connectivity index (χ3v) is 5.61. The Kier molecular flexibility index (Phi) is 4.59. The van der Waals surface area contributed by atoms with Crippen LogP contribution in [0.4, 0.5) is 0 Å². The number of ketones is 1. The van der Waals surface area contributed by atoms with Crippen LogP contribution in [0.15, 0.2) is 45.8 Å². The van der Waals surface area contributed by atoms with Crippen molar-refractivity contribution >= 4 is 50.5 Å². The SMILES string of the molecule is Cc1nc2c(=O)n(CC(=O)c3ccc(Cl)c(Cl)c3)nc(-c3ccco3)c2s1. The molecule has 3 aromatic heterocycles. The molecule has 0 unspecified atom stereocenters. The molecule has 0 bridgehead atoms. The van der Waals surface area contributed by atoms with Crippen molar-refractivity contribution in [3.63, 3.8) is 0 Å². The zero-order valence-corrected chi connectivity index (χ0v) is 16.2. The molecule has 0 amide bonds. The normalized spacial score (nSPS) is 11.2. The summed E-state index contributed by atoms with van der Waals surface area (Å²) >= 11 is 13.2.